The molecule has 0 amide bonds. The maximum absolute atomic E-state index is 4.41. The van der Waals surface area contributed by atoms with Crippen molar-refractivity contribution < 1.29 is 20.1 Å². The molecule has 0 radical (unpaired) electrons. The Kier molecular flexibility index (Phi) is 8.44. The van der Waals surface area contributed by atoms with E-state index < -0.39 is 0 Å². The van der Waals surface area contributed by atoms with Gasteiger partial charge in [-0.2, -0.15) is 18.8 Å². The van der Waals surface area contributed by atoms with Gasteiger partial charge in [0.15, 0.2) is 0 Å². The van der Waals surface area contributed by atoms with Gasteiger partial charge >= 0.3 is 20.1 Å². The summed E-state index contributed by atoms with van der Waals surface area (Å²) in [7, 11) is 0. The Morgan fingerprint density at radius 1 is 0.818 bits per heavy atom. The second-order valence-corrected chi connectivity index (χ2v) is 11.5. The molecular weight excluding hydrogens is 717 g/mol. The summed E-state index contributed by atoms with van der Waals surface area (Å²) < 4.78 is 2.42. The Hall–Kier alpha value is -4.18. The molecule has 5 heteroatoms. The molecule has 0 saturated carbocycles. The fourth-order valence-electron chi connectivity index (χ4n) is 6.04. The van der Waals surface area contributed by atoms with Gasteiger partial charge in [0.2, 0.25) is 0 Å². The average Bonchev–Trinajstić information content (AvgIpc) is 3.74. The summed E-state index contributed by atoms with van der Waals surface area (Å²) in [5.41, 5.74) is 10.7. The van der Waals surface area contributed by atoms with E-state index >= 15 is 0 Å². The molecule has 0 spiro atoms. The third-order valence-corrected chi connectivity index (χ3v) is 8.50. The third-order valence-electron chi connectivity index (χ3n) is 8.50. The molecule has 7 aromatic rings. The van der Waals surface area contributed by atoms with E-state index in [0.717, 1.165) is 23.5 Å². The van der Waals surface area contributed by atoms with Gasteiger partial charge in [0.25, 0.3) is 0 Å². The number of aryl methyl sites for hydroxylation is 3. The Labute approximate surface area is 273 Å². The van der Waals surface area contributed by atoms with E-state index in [1.165, 1.54) is 67.6 Å². The van der Waals surface area contributed by atoms with E-state index in [-0.39, 0.29) is 20.1 Å². The summed E-state index contributed by atoms with van der Waals surface area (Å²) in [4.78, 5) is 8.88. The van der Waals surface area contributed by atoms with Crippen LogP contribution in [0.1, 0.15) is 36.5 Å². The normalized spacial score (nSPS) is 12.8. The van der Waals surface area contributed by atoms with E-state index in [4.69, 9.17) is 0 Å². The number of unbranched alkanes of at least 4 members (excludes halogenated alkanes) is 1. The van der Waals surface area contributed by atoms with Crippen LogP contribution in [0, 0.1) is 39.6 Å². The van der Waals surface area contributed by atoms with Crippen molar-refractivity contribution >= 4 is 43.8 Å². The maximum atomic E-state index is 4.41. The van der Waals surface area contributed by atoms with E-state index in [1.54, 1.807) is 0 Å². The van der Waals surface area contributed by atoms with Crippen LogP contribution in [0.25, 0.3) is 49.4 Å². The quantitative estimate of drug-likeness (QED) is 0.164. The van der Waals surface area contributed by atoms with Gasteiger partial charge in [0, 0.05) is 22.5 Å². The second-order valence-electron chi connectivity index (χ2n) is 11.5. The van der Waals surface area contributed by atoms with Crippen molar-refractivity contribution in [2.75, 3.05) is 11.4 Å². The molecule has 4 nitrogen and oxygen atoms in total. The van der Waals surface area contributed by atoms with Crippen LogP contribution in [0.15, 0.2) is 97.5 Å². The fraction of sp³-hybridized carbons (Fsp3) is 0.179. The number of anilines is 1. The summed E-state index contributed by atoms with van der Waals surface area (Å²) in [6.07, 6.45) is 8.62. The predicted molar refractivity (Wildman–Crippen MR) is 180 cm³/mol. The molecule has 1 aliphatic heterocycles. The average molecular weight is 752 g/mol. The SMILES string of the molecule is CCCCN1C=CN(c2[c-]ccc3c2c2cccc4c5ccccc5n3c42)[CH-]1.Cc1c[c-]c(-c2cc(C)c(C)cn2)cc1.[Ir+3]. The first-order chi connectivity index (χ1) is 21.0. The summed E-state index contributed by atoms with van der Waals surface area (Å²) in [5.74, 6) is 0. The molecule has 0 unspecified atom stereocenters. The van der Waals surface area contributed by atoms with E-state index in [0.29, 0.717) is 0 Å². The minimum Gasteiger partial charge on any atom is -0.508 e. The van der Waals surface area contributed by atoms with Gasteiger partial charge in [-0.05, 0) is 61.9 Å². The zero-order valence-corrected chi connectivity index (χ0v) is 28.0. The number of benzene rings is 4. The van der Waals surface area contributed by atoms with Crippen LogP contribution in [-0.2, 0) is 20.1 Å². The number of rotatable bonds is 5. The summed E-state index contributed by atoms with van der Waals surface area (Å²) >= 11 is 0. The van der Waals surface area contributed by atoms with Crippen LogP contribution in [0.3, 0.4) is 0 Å². The van der Waals surface area contributed by atoms with Gasteiger partial charge in [-0.3, -0.25) is 0 Å². The second kappa shape index (κ2) is 12.4. The van der Waals surface area contributed by atoms with Crippen molar-refractivity contribution in [3.05, 3.63) is 133 Å². The Morgan fingerprint density at radius 3 is 2.43 bits per heavy atom. The molecular formula is C39H35IrN4. The molecule has 4 heterocycles. The van der Waals surface area contributed by atoms with Gasteiger partial charge in [-0.15, -0.1) is 41.5 Å². The number of para-hydroxylation sites is 2. The van der Waals surface area contributed by atoms with Crippen LogP contribution in [0.2, 0.25) is 0 Å². The van der Waals surface area contributed by atoms with Crippen molar-refractivity contribution in [2.24, 2.45) is 0 Å². The van der Waals surface area contributed by atoms with E-state index in [2.05, 4.69) is 151 Å². The first kappa shape index (κ1) is 29.9. The molecule has 0 fully saturated rings. The van der Waals surface area contributed by atoms with Crippen molar-refractivity contribution in [3.8, 4) is 11.3 Å². The topological polar surface area (TPSA) is 23.8 Å². The molecule has 1 aliphatic rings. The Balaban J connectivity index is 0.000000183. The van der Waals surface area contributed by atoms with Crippen molar-refractivity contribution in [1.29, 1.82) is 0 Å². The maximum Gasteiger partial charge on any atom is 3.00 e. The first-order valence-corrected chi connectivity index (χ1v) is 15.1. The van der Waals surface area contributed by atoms with Crippen molar-refractivity contribution in [1.82, 2.24) is 14.3 Å². The minimum absolute atomic E-state index is 0. The number of pyridine rings is 1. The monoisotopic (exact) mass is 752 g/mol. The van der Waals surface area contributed by atoms with Gasteiger partial charge in [0.05, 0.1) is 5.52 Å². The van der Waals surface area contributed by atoms with Crippen LogP contribution in [0.4, 0.5) is 5.69 Å². The smallest absolute Gasteiger partial charge is 0.508 e. The summed E-state index contributed by atoms with van der Waals surface area (Å²) in [5, 5.41) is 5.20. The molecule has 3 aromatic heterocycles. The van der Waals surface area contributed by atoms with Crippen LogP contribution in [0.5, 0.6) is 0 Å². The van der Waals surface area contributed by atoms with Gasteiger partial charge in [0.1, 0.15) is 0 Å². The van der Waals surface area contributed by atoms with Gasteiger partial charge in [-0.1, -0.05) is 84.9 Å². The molecule has 8 rings (SSSR count). The molecule has 0 atom stereocenters. The van der Waals surface area contributed by atoms with Crippen molar-refractivity contribution in [2.45, 2.75) is 40.5 Å². The van der Waals surface area contributed by atoms with E-state index in [1.807, 2.05) is 12.3 Å². The molecule has 4 aromatic carbocycles. The fourth-order valence-corrected chi connectivity index (χ4v) is 6.04. The standard InChI is InChI=1S/C25H21N3.C14H14N.Ir/c1-2-3-14-26-15-16-27(17-26)22-12-7-13-23-24(22)20-10-6-9-19-18-8-4-5-11-21(18)28(23)25(19)20;1-10-4-6-13(7-5-10)14-8-11(2)12(3)9-15-14;/h4-11,13,15-17H,2-3,14H2,1H3;4-6,8-9H,1-3H3;/q-2;-1;+3. The number of hydrogen-bond acceptors (Lipinski definition) is 3. The van der Waals surface area contributed by atoms with Crippen molar-refractivity contribution in [3.63, 3.8) is 0 Å². The minimum atomic E-state index is 0. The molecule has 0 bridgehead atoms. The predicted octanol–water partition coefficient (Wildman–Crippen LogP) is 9.62. The zero-order valence-electron chi connectivity index (χ0n) is 25.6. The number of aromatic nitrogens is 2. The number of fused-ring (bicyclic) bond motifs is 6. The molecule has 0 aliphatic carbocycles. The van der Waals surface area contributed by atoms with Gasteiger partial charge in [-0.25, -0.2) is 0 Å². The largest absolute Gasteiger partial charge is 3.00 e. The summed E-state index contributed by atoms with van der Waals surface area (Å²) in [6, 6.07) is 34.6. The molecule has 0 N–H and O–H groups in total. The third kappa shape index (κ3) is 5.25. The Bertz CT molecular complexity index is 2090. The van der Waals surface area contributed by atoms with Gasteiger partial charge < -0.3 is 19.2 Å². The molecule has 0 saturated heterocycles. The van der Waals surface area contributed by atoms with Crippen LogP contribution >= 0.6 is 0 Å². The summed E-state index contributed by atoms with van der Waals surface area (Å²) in [6.45, 7) is 11.7. The first-order valence-electron chi connectivity index (χ1n) is 15.1. The Morgan fingerprint density at radius 2 is 1.64 bits per heavy atom. The van der Waals surface area contributed by atoms with Crippen LogP contribution in [-0.4, -0.2) is 20.8 Å². The van der Waals surface area contributed by atoms with Crippen LogP contribution < -0.4 is 4.90 Å². The number of hydrogen-bond donors (Lipinski definition) is 0. The molecule has 220 valence electrons. The zero-order chi connectivity index (χ0) is 29.5. The molecule has 44 heavy (non-hydrogen) atoms. The number of nitrogens with zero attached hydrogens (tertiary/aromatic N) is 4. The van der Waals surface area contributed by atoms with E-state index in [9.17, 15) is 0 Å².